The third-order valence-electron chi connectivity index (χ3n) is 4.55. The van der Waals surface area contributed by atoms with Crippen LogP contribution in [0.25, 0.3) is 0 Å². The van der Waals surface area contributed by atoms with Crippen LogP contribution in [-0.2, 0) is 21.2 Å². The second kappa shape index (κ2) is 8.57. The summed E-state index contributed by atoms with van der Waals surface area (Å²) in [7, 11) is -3.69. The van der Waals surface area contributed by atoms with E-state index in [1.165, 1.54) is 16.4 Å². The first-order chi connectivity index (χ1) is 13.4. The van der Waals surface area contributed by atoms with Crippen LogP contribution in [0.1, 0.15) is 5.56 Å². The molecule has 1 N–H and O–H groups in total. The van der Waals surface area contributed by atoms with Crippen LogP contribution < -0.4 is 9.64 Å². The van der Waals surface area contributed by atoms with Gasteiger partial charge in [0.05, 0.1) is 11.3 Å². The van der Waals surface area contributed by atoms with Gasteiger partial charge in [0.25, 0.3) is 0 Å². The standard InChI is InChI=1S/C19H21FN2O5S/c20-14-27-17-6-4-16(5-7-17)21-8-10-22(11-9-21)28(25,26)18-3-1-2-15(12-18)13-19(23)24/h1-7,12H,8-11,13-14H2,(H,23,24). The van der Waals surface area contributed by atoms with Gasteiger partial charge >= 0.3 is 5.97 Å². The third-order valence-corrected chi connectivity index (χ3v) is 6.45. The molecule has 0 bridgehead atoms. The molecule has 0 aliphatic carbocycles. The molecular formula is C19H21FN2O5S. The maximum Gasteiger partial charge on any atom is 0.307 e. The van der Waals surface area contributed by atoms with Crippen molar-refractivity contribution in [1.82, 2.24) is 4.31 Å². The molecule has 1 aliphatic heterocycles. The van der Waals surface area contributed by atoms with Crippen LogP contribution in [-0.4, -0.2) is 56.8 Å². The maximum absolute atomic E-state index is 12.9. The topological polar surface area (TPSA) is 87.1 Å². The van der Waals surface area contributed by atoms with E-state index in [9.17, 15) is 17.6 Å². The molecule has 0 saturated carbocycles. The molecule has 0 amide bonds. The van der Waals surface area contributed by atoms with Crippen molar-refractivity contribution in [2.75, 3.05) is 37.9 Å². The van der Waals surface area contributed by atoms with Gasteiger partial charge in [-0.15, -0.1) is 0 Å². The van der Waals surface area contributed by atoms with Crippen molar-refractivity contribution in [2.24, 2.45) is 0 Å². The monoisotopic (exact) mass is 408 g/mol. The number of hydrogen-bond donors (Lipinski definition) is 1. The first-order valence-electron chi connectivity index (χ1n) is 8.75. The van der Waals surface area contributed by atoms with E-state index in [1.807, 2.05) is 17.0 Å². The number of sulfonamides is 1. The molecule has 0 atom stereocenters. The molecule has 150 valence electrons. The first kappa shape index (κ1) is 20.1. The average molecular weight is 408 g/mol. The summed E-state index contributed by atoms with van der Waals surface area (Å²) in [6.07, 6.45) is -0.223. The van der Waals surface area contributed by atoms with Crippen molar-refractivity contribution < 1.29 is 27.4 Å². The van der Waals surface area contributed by atoms with Crippen LogP contribution in [0.3, 0.4) is 0 Å². The number of rotatable bonds is 7. The second-order valence-corrected chi connectivity index (χ2v) is 8.29. The Morgan fingerprint density at radius 3 is 2.36 bits per heavy atom. The van der Waals surface area contributed by atoms with Crippen LogP contribution in [0.15, 0.2) is 53.4 Å². The predicted molar refractivity (Wildman–Crippen MR) is 102 cm³/mol. The number of halogens is 1. The number of alkyl halides is 1. The van der Waals surface area contributed by atoms with Crippen molar-refractivity contribution in [3.63, 3.8) is 0 Å². The van der Waals surface area contributed by atoms with Crippen LogP contribution in [0, 0.1) is 0 Å². The van der Waals surface area contributed by atoms with Gasteiger partial charge in [0.15, 0.2) is 0 Å². The van der Waals surface area contributed by atoms with E-state index in [0.29, 0.717) is 37.5 Å². The molecule has 3 rings (SSSR count). The van der Waals surface area contributed by atoms with Crippen LogP contribution in [0.4, 0.5) is 10.1 Å². The minimum absolute atomic E-state index is 0.104. The minimum Gasteiger partial charge on any atom is -0.481 e. The lowest BCUT2D eigenvalue weighted by molar-refractivity contribution is -0.136. The Kier molecular flexibility index (Phi) is 6.15. The normalized spacial score (nSPS) is 15.4. The highest BCUT2D eigenvalue weighted by atomic mass is 32.2. The number of carboxylic acids is 1. The average Bonchev–Trinajstić information content (AvgIpc) is 2.69. The summed E-state index contributed by atoms with van der Waals surface area (Å²) < 4.78 is 44.2. The summed E-state index contributed by atoms with van der Waals surface area (Å²) in [5, 5.41) is 8.90. The molecule has 1 heterocycles. The Balaban J connectivity index is 1.67. The lowest BCUT2D eigenvalue weighted by Gasteiger charge is -2.35. The molecule has 2 aromatic rings. The molecule has 0 unspecified atom stereocenters. The van der Waals surface area contributed by atoms with Gasteiger partial charge in [0, 0.05) is 31.9 Å². The van der Waals surface area contributed by atoms with Gasteiger partial charge in [-0.05, 0) is 42.0 Å². The third kappa shape index (κ3) is 4.60. The molecule has 1 fully saturated rings. The summed E-state index contributed by atoms with van der Waals surface area (Å²) >= 11 is 0. The van der Waals surface area contributed by atoms with Crippen molar-refractivity contribution in [2.45, 2.75) is 11.3 Å². The maximum atomic E-state index is 12.9. The van der Waals surface area contributed by atoms with Gasteiger partial charge in [0.2, 0.25) is 16.9 Å². The highest BCUT2D eigenvalue weighted by Gasteiger charge is 2.28. The quantitative estimate of drug-likeness (QED) is 0.755. The number of benzene rings is 2. The molecular weight excluding hydrogens is 387 g/mol. The fraction of sp³-hybridized carbons (Fsp3) is 0.316. The Bertz CT molecular complexity index is 926. The van der Waals surface area contributed by atoms with E-state index in [2.05, 4.69) is 0 Å². The van der Waals surface area contributed by atoms with Gasteiger partial charge in [-0.2, -0.15) is 4.31 Å². The molecule has 28 heavy (non-hydrogen) atoms. The Morgan fingerprint density at radius 2 is 1.75 bits per heavy atom. The van der Waals surface area contributed by atoms with Crippen molar-refractivity contribution in [3.8, 4) is 5.75 Å². The smallest absolute Gasteiger partial charge is 0.307 e. The summed E-state index contributed by atoms with van der Waals surface area (Å²) in [6, 6.07) is 13.0. The Hall–Kier alpha value is -2.65. The number of aliphatic carboxylic acids is 1. The molecule has 7 nitrogen and oxygen atoms in total. The molecule has 0 radical (unpaired) electrons. The molecule has 0 aromatic heterocycles. The van der Waals surface area contributed by atoms with Crippen LogP contribution in [0.5, 0.6) is 5.75 Å². The summed E-state index contributed by atoms with van der Waals surface area (Å²) in [5.41, 5.74) is 1.36. The van der Waals surface area contributed by atoms with E-state index >= 15 is 0 Å². The number of nitrogens with zero attached hydrogens (tertiary/aromatic N) is 2. The second-order valence-electron chi connectivity index (χ2n) is 6.36. The largest absolute Gasteiger partial charge is 0.481 e. The summed E-state index contributed by atoms with van der Waals surface area (Å²) in [5.74, 6) is -0.570. The zero-order valence-corrected chi connectivity index (χ0v) is 15.9. The van der Waals surface area contributed by atoms with E-state index in [0.717, 1.165) is 5.69 Å². The highest BCUT2D eigenvalue weighted by Crippen LogP contribution is 2.24. The summed E-state index contributed by atoms with van der Waals surface area (Å²) in [4.78, 5) is 13.0. The Labute approximate surface area is 163 Å². The number of hydrogen-bond acceptors (Lipinski definition) is 5. The zero-order valence-electron chi connectivity index (χ0n) is 15.1. The van der Waals surface area contributed by atoms with Crippen LogP contribution in [0.2, 0.25) is 0 Å². The van der Waals surface area contributed by atoms with Crippen molar-refractivity contribution in [3.05, 3.63) is 54.1 Å². The minimum atomic E-state index is -3.69. The number of ether oxygens (including phenoxy) is 1. The van der Waals surface area contributed by atoms with E-state index in [-0.39, 0.29) is 11.3 Å². The lowest BCUT2D eigenvalue weighted by Crippen LogP contribution is -2.48. The molecule has 0 spiro atoms. The van der Waals surface area contributed by atoms with Gasteiger partial charge in [-0.25, -0.2) is 12.8 Å². The number of anilines is 1. The highest BCUT2D eigenvalue weighted by molar-refractivity contribution is 7.89. The van der Waals surface area contributed by atoms with Gasteiger partial charge in [-0.3, -0.25) is 4.79 Å². The van der Waals surface area contributed by atoms with Crippen molar-refractivity contribution in [1.29, 1.82) is 0 Å². The number of carboxylic acid groups (broad SMARTS) is 1. The van der Waals surface area contributed by atoms with Gasteiger partial charge in [-0.1, -0.05) is 12.1 Å². The molecule has 1 aliphatic rings. The first-order valence-corrected chi connectivity index (χ1v) is 10.2. The molecule has 2 aromatic carbocycles. The van der Waals surface area contributed by atoms with Gasteiger partial charge in [0.1, 0.15) is 5.75 Å². The number of carbonyl (C=O) groups is 1. The van der Waals surface area contributed by atoms with Crippen LogP contribution >= 0.6 is 0 Å². The fourth-order valence-corrected chi connectivity index (χ4v) is 4.64. The van der Waals surface area contributed by atoms with E-state index < -0.39 is 22.9 Å². The zero-order chi connectivity index (χ0) is 20.1. The molecule has 9 heteroatoms. The Morgan fingerprint density at radius 1 is 1.07 bits per heavy atom. The van der Waals surface area contributed by atoms with E-state index in [1.54, 1.807) is 24.3 Å². The predicted octanol–water partition coefficient (Wildman–Crippen LogP) is 2.13. The van der Waals surface area contributed by atoms with Gasteiger partial charge < -0.3 is 14.7 Å². The van der Waals surface area contributed by atoms with Crippen molar-refractivity contribution >= 4 is 21.7 Å². The summed E-state index contributed by atoms with van der Waals surface area (Å²) in [6.45, 7) is 0.765. The number of piperazine rings is 1. The molecule has 1 saturated heterocycles. The SMILES string of the molecule is O=C(O)Cc1cccc(S(=O)(=O)N2CCN(c3ccc(OCF)cc3)CC2)c1. The lowest BCUT2D eigenvalue weighted by atomic mass is 10.2. The fourth-order valence-electron chi connectivity index (χ4n) is 3.14. The van der Waals surface area contributed by atoms with E-state index in [4.69, 9.17) is 9.84 Å².